The number of aromatic nitrogens is 2. The zero-order valence-corrected chi connectivity index (χ0v) is 11.5. The quantitative estimate of drug-likeness (QED) is 0.786. The van der Waals surface area contributed by atoms with Crippen LogP contribution in [-0.2, 0) is 6.54 Å². The summed E-state index contributed by atoms with van der Waals surface area (Å²) in [6.45, 7) is 2.77. The summed E-state index contributed by atoms with van der Waals surface area (Å²) in [7, 11) is 0. The smallest absolute Gasteiger partial charge is 0.122 e. The molecule has 3 heteroatoms. The van der Waals surface area contributed by atoms with Gasteiger partial charge in [-0.2, -0.15) is 5.10 Å². The lowest BCUT2D eigenvalue weighted by molar-refractivity contribution is 0.700. The van der Waals surface area contributed by atoms with Gasteiger partial charge in [-0.15, -0.1) is 0 Å². The molecule has 0 bridgehead atoms. The van der Waals surface area contributed by atoms with E-state index in [-0.39, 0.29) is 0 Å². The Hall–Kier alpha value is -2.55. The van der Waals surface area contributed by atoms with Crippen LogP contribution in [0.2, 0.25) is 0 Å². The van der Waals surface area contributed by atoms with Crippen molar-refractivity contribution in [3.8, 4) is 11.3 Å². The van der Waals surface area contributed by atoms with E-state index < -0.39 is 0 Å². The third-order valence-corrected chi connectivity index (χ3v) is 3.30. The summed E-state index contributed by atoms with van der Waals surface area (Å²) >= 11 is 0. The maximum Gasteiger partial charge on any atom is 0.122 e. The van der Waals surface area contributed by atoms with E-state index in [0.29, 0.717) is 12.4 Å². The second-order valence-electron chi connectivity index (χ2n) is 4.97. The molecule has 0 saturated carbocycles. The van der Waals surface area contributed by atoms with Gasteiger partial charge in [0.15, 0.2) is 0 Å². The van der Waals surface area contributed by atoms with Crippen molar-refractivity contribution in [2.45, 2.75) is 13.5 Å². The van der Waals surface area contributed by atoms with Crippen LogP contribution in [0, 0.1) is 6.92 Å². The molecule has 2 aromatic carbocycles. The van der Waals surface area contributed by atoms with Gasteiger partial charge in [0.2, 0.25) is 0 Å². The number of benzene rings is 2. The highest BCUT2D eigenvalue weighted by molar-refractivity contribution is 5.63. The molecule has 3 nitrogen and oxygen atoms in total. The van der Waals surface area contributed by atoms with Gasteiger partial charge in [-0.25, -0.2) is 4.68 Å². The van der Waals surface area contributed by atoms with Crippen LogP contribution in [0.1, 0.15) is 11.1 Å². The van der Waals surface area contributed by atoms with E-state index in [9.17, 15) is 0 Å². The molecule has 2 N–H and O–H groups in total. The Bertz CT molecular complexity index is 714. The molecule has 0 aliphatic rings. The van der Waals surface area contributed by atoms with Crippen molar-refractivity contribution >= 4 is 5.82 Å². The van der Waals surface area contributed by atoms with E-state index in [1.54, 1.807) is 0 Å². The van der Waals surface area contributed by atoms with Gasteiger partial charge in [-0.1, -0.05) is 54.1 Å². The predicted octanol–water partition coefficient (Wildman–Crippen LogP) is 3.49. The van der Waals surface area contributed by atoms with Crippen molar-refractivity contribution in [3.05, 3.63) is 71.8 Å². The van der Waals surface area contributed by atoms with Crippen LogP contribution in [0.4, 0.5) is 5.82 Å². The van der Waals surface area contributed by atoms with Gasteiger partial charge in [-0.3, -0.25) is 0 Å². The maximum absolute atomic E-state index is 6.07. The fourth-order valence-corrected chi connectivity index (χ4v) is 2.26. The minimum absolute atomic E-state index is 0.686. The predicted molar refractivity (Wildman–Crippen MR) is 82.4 cm³/mol. The minimum atomic E-state index is 0.686. The summed E-state index contributed by atoms with van der Waals surface area (Å²) < 4.78 is 1.84. The van der Waals surface area contributed by atoms with Crippen LogP contribution in [0.5, 0.6) is 0 Å². The van der Waals surface area contributed by atoms with Gasteiger partial charge in [-0.05, 0) is 18.6 Å². The van der Waals surface area contributed by atoms with E-state index >= 15 is 0 Å². The van der Waals surface area contributed by atoms with Gasteiger partial charge < -0.3 is 5.73 Å². The average Bonchev–Trinajstić information content (AvgIpc) is 2.81. The molecule has 0 fully saturated rings. The van der Waals surface area contributed by atoms with E-state index in [1.165, 1.54) is 11.1 Å². The lowest BCUT2D eigenvalue weighted by Crippen LogP contribution is -2.05. The molecular weight excluding hydrogens is 246 g/mol. The molecule has 0 aliphatic carbocycles. The molecule has 3 rings (SSSR count). The van der Waals surface area contributed by atoms with Gasteiger partial charge in [0.1, 0.15) is 5.82 Å². The summed E-state index contributed by atoms with van der Waals surface area (Å²) in [6, 6.07) is 20.4. The molecule has 0 spiro atoms. The SMILES string of the molecule is Cc1cccc(-c2cc(N)n(Cc3ccccc3)n2)c1. The monoisotopic (exact) mass is 263 g/mol. The Labute approximate surface area is 118 Å². The molecule has 0 atom stereocenters. The van der Waals surface area contributed by atoms with Crippen molar-refractivity contribution in [1.29, 1.82) is 0 Å². The second kappa shape index (κ2) is 5.21. The van der Waals surface area contributed by atoms with Crippen LogP contribution < -0.4 is 5.73 Å². The van der Waals surface area contributed by atoms with Crippen molar-refractivity contribution in [3.63, 3.8) is 0 Å². The second-order valence-corrected chi connectivity index (χ2v) is 4.97. The summed E-state index contributed by atoms with van der Waals surface area (Å²) in [5.74, 6) is 0.686. The normalized spacial score (nSPS) is 10.7. The maximum atomic E-state index is 6.07. The number of nitrogens with zero attached hydrogens (tertiary/aromatic N) is 2. The number of nitrogens with two attached hydrogens (primary N) is 1. The lowest BCUT2D eigenvalue weighted by atomic mass is 10.1. The molecule has 0 amide bonds. The highest BCUT2D eigenvalue weighted by atomic mass is 15.3. The highest BCUT2D eigenvalue weighted by Crippen LogP contribution is 2.21. The molecule has 1 heterocycles. The van der Waals surface area contributed by atoms with Crippen molar-refractivity contribution in [2.24, 2.45) is 0 Å². The number of anilines is 1. The third-order valence-electron chi connectivity index (χ3n) is 3.30. The summed E-state index contributed by atoms with van der Waals surface area (Å²) in [4.78, 5) is 0. The van der Waals surface area contributed by atoms with Crippen molar-refractivity contribution in [1.82, 2.24) is 9.78 Å². The Morgan fingerprint density at radius 3 is 2.55 bits per heavy atom. The molecule has 100 valence electrons. The Kier molecular flexibility index (Phi) is 3.25. The number of hydrogen-bond acceptors (Lipinski definition) is 2. The number of aryl methyl sites for hydroxylation is 1. The number of nitrogen functional groups attached to an aromatic ring is 1. The molecule has 1 aromatic heterocycles. The van der Waals surface area contributed by atoms with Gasteiger partial charge >= 0.3 is 0 Å². The molecule has 3 aromatic rings. The first-order valence-electron chi connectivity index (χ1n) is 6.67. The third kappa shape index (κ3) is 2.57. The summed E-state index contributed by atoms with van der Waals surface area (Å²) in [6.07, 6.45) is 0. The molecule has 0 radical (unpaired) electrons. The van der Waals surface area contributed by atoms with E-state index in [2.05, 4.69) is 42.4 Å². The minimum Gasteiger partial charge on any atom is -0.384 e. The van der Waals surface area contributed by atoms with Crippen molar-refractivity contribution in [2.75, 3.05) is 5.73 Å². The standard InChI is InChI=1S/C17H17N3/c1-13-6-5-9-15(10-13)16-11-17(18)20(19-16)12-14-7-3-2-4-8-14/h2-11H,12,18H2,1H3. The average molecular weight is 263 g/mol. The fourth-order valence-electron chi connectivity index (χ4n) is 2.26. The van der Waals surface area contributed by atoms with Crippen LogP contribution >= 0.6 is 0 Å². The largest absolute Gasteiger partial charge is 0.384 e. The van der Waals surface area contributed by atoms with Crippen LogP contribution in [-0.4, -0.2) is 9.78 Å². The highest BCUT2D eigenvalue weighted by Gasteiger charge is 2.07. The Balaban J connectivity index is 1.91. The molecule has 0 saturated heterocycles. The van der Waals surface area contributed by atoms with Crippen LogP contribution in [0.3, 0.4) is 0 Å². The van der Waals surface area contributed by atoms with E-state index in [4.69, 9.17) is 5.73 Å². The van der Waals surface area contributed by atoms with E-state index in [1.807, 2.05) is 35.0 Å². The number of rotatable bonds is 3. The Morgan fingerprint density at radius 2 is 1.80 bits per heavy atom. The Morgan fingerprint density at radius 1 is 1.00 bits per heavy atom. The van der Waals surface area contributed by atoms with Crippen LogP contribution in [0.15, 0.2) is 60.7 Å². The van der Waals surface area contributed by atoms with Gasteiger partial charge in [0.05, 0.1) is 12.2 Å². The topological polar surface area (TPSA) is 43.8 Å². The summed E-state index contributed by atoms with van der Waals surface area (Å²) in [5.41, 5.74) is 10.5. The van der Waals surface area contributed by atoms with Crippen molar-refractivity contribution < 1.29 is 0 Å². The zero-order chi connectivity index (χ0) is 13.9. The molecular formula is C17H17N3. The fraction of sp³-hybridized carbons (Fsp3) is 0.118. The zero-order valence-electron chi connectivity index (χ0n) is 11.5. The van der Waals surface area contributed by atoms with Gasteiger partial charge in [0, 0.05) is 11.6 Å². The first-order valence-corrected chi connectivity index (χ1v) is 6.67. The van der Waals surface area contributed by atoms with Crippen LogP contribution in [0.25, 0.3) is 11.3 Å². The van der Waals surface area contributed by atoms with E-state index in [0.717, 1.165) is 11.3 Å². The molecule has 20 heavy (non-hydrogen) atoms. The summed E-state index contributed by atoms with van der Waals surface area (Å²) in [5, 5.41) is 4.61. The first kappa shape index (κ1) is 12.5. The molecule has 0 aliphatic heterocycles. The lowest BCUT2D eigenvalue weighted by Gasteiger charge is -2.03. The van der Waals surface area contributed by atoms with Gasteiger partial charge in [0.25, 0.3) is 0 Å². The molecule has 0 unspecified atom stereocenters. The first-order chi connectivity index (χ1) is 9.72. The number of hydrogen-bond donors (Lipinski definition) is 1.